The Bertz CT molecular complexity index is 1290. The number of amides is 1. The van der Waals surface area contributed by atoms with Gasteiger partial charge in [-0.1, -0.05) is 0 Å². The smallest absolute Gasteiger partial charge is 0.387 e. The number of carbonyl (C=O) groups excluding carboxylic acids is 1. The van der Waals surface area contributed by atoms with Gasteiger partial charge in [-0.3, -0.25) is 9.79 Å². The summed E-state index contributed by atoms with van der Waals surface area (Å²) in [5.74, 6) is -1.29. The molecule has 8 nitrogen and oxygen atoms in total. The van der Waals surface area contributed by atoms with E-state index in [1.165, 1.54) is 30.3 Å². The number of halogens is 3. The Hall–Kier alpha value is -3.15. The number of carbonyl (C=O) groups is 1. The monoisotopic (exact) mass is 495 g/mol. The summed E-state index contributed by atoms with van der Waals surface area (Å²) in [6.45, 7) is 2.48. The van der Waals surface area contributed by atoms with Crippen LogP contribution in [0.2, 0.25) is 0 Å². The van der Waals surface area contributed by atoms with Gasteiger partial charge in [-0.15, -0.1) is 0 Å². The van der Waals surface area contributed by atoms with Crippen molar-refractivity contribution in [1.29, 1.82) is 0 Å². The predicted molar refractivity (Wildman–Crippen MR) is 122 cm³/mol. The normalized spacial score (nSPS) is 27.5. The van der Waals surface area contributed by atoms with Gasteiger partial charge in [-0.05, 0) is 57.5 Å². The summed E-state index contributed by atoms with van der Waals surface area (Å²) in [6, 6.07) is 6.39. The van der Waals surface area contributed by atoms with Crippen molar-refractivity contribution in [2.75, 3.05) is 11.9 Å². The minimum atomic E-state index is -3.01. The Morgan fingerprint density at radius 2 is 2.00 bits per heavy atom. The summed E-state index contributed by atoms with van der Waals surface area (Å²) in [4.78, 5) is 21.0. The second-order valence-electron chi connectivity index (χ2n) is 8.76. The van der Waals surface area contributed by atoms with E-state index in [1.807, 2.05) is 0 Å². The zero-order chi connectivity index (χ0) is 24.9. The van der Waals surface area contributed by atoms with Crippen molar-refractivity contribution in [1.82, 2.24) is 4.98 Å². The van der Waals surface area contributed by atoms with E-state index in [-0.39, 0.29) is 28.5 Å². The number of hydrogen-bond acceptors (Lipinski definition) is 7. The minimum absolute atomic E-state index is 0.0574. The number of hydrogen-bond donors (Lipinski definition) is 2. The molecule has 1 amide bonds. The zero-order valence-corrected chi connectivity index (χ0v) is 19.5. The van der Waals surface area contributed by atoms with Gasteiger partial charge in [0.25, 0.3) is 5.91 Å². The number of nitrogens with zero attached hydrogens (tertiary/aromatic N) is 3. The average Bonchev–Trinajstić information content (AvgIpc) is 3.18. The fourth-order valence-electron chi connectivity index (χ4n) is 4.38. The molecule has 12 heteroatoms. The molecule has 0 spiro atoms. The summed E-state index contributed by atoms with van der Waals surface area (Å²) < 4.78 is 61.2. The maximum Gasteiger partial charge on any atom is 0.387 e. The second kappa shape index (κ2) is 8.26. The lowest BCUT2D eigenvalue weighted by Crippen LogP contribution is -2.58. The molecule has 1 aromatic carbocycles. The number of fused-ring (bicyclic) bond motifs is 1. The van der Waals surface area contributed by atoms with Crippen LogP contribution < -0.4 is 15.8 Å². The molecule has 0 saturated heterocycles. The van der Waals surface area contributed by atoms with Crippen molar-refractivity contribution in [2.45, 2.75) is 49.3 Å². The molecule has 3 N–H and O–H groups in total. The topological polar surface area (TPSA) is 119 Å². The zero-order valence-electron chi connectivity index (χ0n) is 18.7. The molecule has 0 saturated carbocycles. The average molecular weight is 496 g/mol. The fraction of sp³-hybridized carbons (Fsp3) is 0.409. The number of nitrogens with one attached hydrogen (secondary N) is 1. The molecule has 0 fully saturated rings. The highest BCUT2D eigenvalue weighted by Gasteiger charge is 2.56. The molecule has 3 atom stereocenters. The fourth-order valence-corrected chi connectivity index (χ4v) is 7.54. The van der Waals surface area contributed by atoms with Crippen molar-refractivity contribution in [3.05, 3.63) is 53.6 Å². The Kier molecular flexibility index (Phi) is 5.83. The molecular formula is C22H24F3N5O3S. The maximum absolute atomic E-state index is 15.1. The highest BCUT2D eigenvalue weighted by molar-refractivity contribution is 7.96. The van der Waals surface area contributed by atoms with Crippen LogP contribution in [-0.4, -0.2) is 44.1 Å². The van der Waals surface area contributed by atoms with Crippen LogP contribution in [0.15, 0.2) is 45.9 Å². The first-order valence-corrected chi connectivity index (χ1v) is 12.1. The maximum atomic E-state index is 15.1. The molecular weight excluding hydrogens is 471 g/mol. The number of aromatic nitrogens is 1. The number of aliphatic imine (C=N–C) groups is 1. The molecule has 34 heavy (non-hydrogen) atoms. The van der Waals surface area contributed by atoms with Gasteiger partial charge in [0.15, 0.2) is 0 Å². The quantitative estimate of drug-likeness (QED) is 0.656. The van der Waals surface area contributed by atoms with Crippen LogP contribution in [0.4, 0.5) is 18.9 Å². The predicted octanol–water partition coefficient (Wildman–Crippen LogP) is 3.68. The van der Waals surface area contributed by atoms with Crippen LogP contribution in [0.3, 0.4) is 0 Å². The number of anilines is 1. The second-order valence-corrected chi connectivity index (χ2v) is 11.7. The van der Waals surface area contributed by atoms with Crippen molar-refractivity contribution in [3.8, 4) is 5.75 Å². The lowest BCUT2D eigenvalue weighted by Gasteiger charge is -2.44. The molecule has 3 heterocycles. The van der Waals surface area contributed by atoms with Gasteiger partial charge in [0, 0.05) is 17.8 Å². The largest absolute Gasteiger partial charge is 0.433 e. The van der Waals surface area contributed by atoms with Gasteiger partial charge in [0.05, 0.1) is 21.2 Å². The van der Waals surface area contributed by atoms with Crippen LogP contribution in [0.5, 0.6) is 5.75 Å². The minimum Gasteiger partial charge on any atom is -0.433 e. The van der Waals surface area contributed by atoms with Crippen molar-refractivity contribution in [3.63, 3.8) is 0 Å². The van der Waals surface area contributed by atoms with Crippen LogP contribution in [0, 0.1) is 5.82 Å². The number of pyridine rings is 1. The number of rotatable bonds is 5. The van der Waals surface area contributed by atoms with Gasteiger partial charge < -0.3 is 15.8 Å². The van der Waals surface area contributed by atoms with E-state index in [1.54, 1.807) is 20.8 Å². The van der Waals surface area contributed by atoms with Crippen LogP contribution in [0.1, 0.15) is 43.2 Å². The molecule has 0 bridgehead atoms. The third-order valence-corrected chi connectivity index (χ3v) is 10.1. The highest BCUT2D eigenvalue weighted by atomic mass is 32.2. The van der Waals surface area contributed by atoms with E-state index >= 15 is 4.39 Å². The van der Waals surface area contributed by atoms with Gasteiger partial charge >= 0.3 is 6.61 Å². The van der Waals surface area contributed by atoms with Crippen molar-refractivity contribution in [2.24, 2.45) is 15.1 Å². The third-order valence-electron chi connectivity index (χ3n) is 6.35. The first-order chi connectivity index (χ1) is 15.9. The Balaban J connectivity index is 1.67. The summed E-state index contributed by atoms with van der Waals surface area (Å²) in [5.41, 5.74) is 5.27. The number of alkyl halides is 2. The van der Waals surface area contributed by atoms with Gasteiger partial charge in [-0.25, -0.2) is 17.9 Å². The molecule has 1 unspecified atom stereocenters. The van der Waals surface area contributed by atoms with E-state index in [9.17, 15) is 17.8 Å². The Morgan fingerprint density at radius 3 is 2.65 bits per heavy atom. The molecule has 4 rings (SSSR count). The lowest BCUT2D eigenvalue weighted by atomic mass is 9.85. The van der Waals surface area contributed by atoms with E-state index in [0.29, 0.717) is 13.0 Å². The lowest BCUT2D eigenvalue weighted by molar-refractivity contribution is -0.0500. The number of nitrogens with two attached hydrogens (primary N) is 1. The van der Waals surface area contributed by atoms with Crippen molar-refractivity contribution >= 4 is 27.2 Å². The number of amidine groups is 1. The molecule has 1 aromatic heterocycles. The van der Waals surface area contributed by atoms with Crippen molar-refractivity contribution < 1.29 is 26.9 Å². The van der Waals surface area contributed by atoms with E-state index < -0.39 is 43.6 Å². The SMILES string of the molecule is CC1(C)C(N)=N[C@](C)(c2cc(NC(=O)c3ccc(OC(F)F)cn3)ccc2F)[C@@H]2CCN=S21=O. The summed E-state index contributed by atoms with van der Waals surface area (Å²) in [6.07, 6.45) is 1.46. The standard InChI is InChI=1S/C22H24F3N5O3S/c1-21(2)19(26)30-22(3,17-8-9-28-34(17,21)32)14-10-12(4-6-15(14)23)29-18(31)16-7-5-13(11-27-16)33-20(24)25/h4-7,10-11,17,20H,8-9H2,1-3H3,(H2,26,30)(H,29,31)/t17-,22+,34?/m0/s1. The molecule has 0 radical (unpaired) electrons. The molecule has 182 valence electrons. The molecule has 2 aliphatic heterocycles. The number of benzene rings is 1. The van der Waals surface area contributed by atoms with Crippen LogP contribution >= 0.6 is 0 Å². The number of ether oxygens (including phenoxy) is 1. The van der Waals surface area contributed by atoms with E-state index in [4.69, 9.17) is 5.73 Å². The molecule has 2 aliphatic rings. The van der Waals surface area contributed by atoms with Gasteiger partial charge in [-0.2, -0.15) is 8.78 Å². The first-order valence-electron chi connectivity index (χ1n) is 10.5. The first kappa shape index (κ1) is 24.0. The summed E-state index contributed by atoms with van der Waals surface area (Å²) in [5, 5.41) is 2.04. The highest BCUT2D eigenvalue weighted by Crippen LogP contribution is 2.48. The third kappa shape index (κ3) is 3.79. The Morgan fingerprint density at radius 1 is 1.26 bits per heavy atom. The van der Waals surface area contributed by atoms with E-state index in [0.717, 1.165) is 6.20 Å². The summed E-state index contributed by atoms with van der Waals surface area (Å²) >= 11 is 0. The molecule has 2 aromatic rings. The van der Waals surface area contributed by atoms with Crippen LogP contribution in [-0.2, 0) is 15.3 Å². The van der Waals surface area contributed by atoms with Gasteiger partial charge in [0.1, 0.15) is 33.4 Å². The molecule has 0 aliphatic carbocycles. The van der Waals surface area contributed by atoms with Crippen LogP contribution in [0.25, 0.3) is 0 Å². The van der Waals surface area contributed by atoms with E-state index in [2.05, 4.69) is 24.4 Å². The van der Waals surface area contributed by atoms with Gasteiger partial charge in [0.2, 0.25) is 0 Å². The summed E-state index contributed by atoms with van der Waals surface area (Å²) in [7, 11) is -2.85. The Labute approximate surface area is 195 Å².